The number of allylic oxidation sites excluding steroid dienone is 4. The molecule has 226 valence electrons. The number of hydrogen-bond donors (Lipinski definition) is 0. The third-order valence-corrected chi connectivity index (χ3v) is 19.1. The molecule has 0 saturated heterocycles. The van der Waals surface area contributed by atoms with Gasteiger partial charge >= 0.3 is 11.9 Å². The van der Waals surface area contributed by atoms with Gasteiger partial charge in [-0.1, -0.05) is 38.4 Å². The molecule has 4 rings (SSSR count). The van der Waals surface area contributed by atoms with Gasteiger partial charge in [0.2, 0.25) is 0 Å². The summed E-state index contributed by atoms with van der Waals surface area (Å²) in [5, 5.41) is 0. The van der Waals surface area contributed by atoms with Gasteiger partial charge in [-0.3, -0.25) is 0 Å². The van der Waals surface area contributed by atoms with Gasteiger partial charge in [0, 0.05) is 31.3 Å². The standard InChI is InChI=1S/C27H10Br12O4/c1-9-8-16(24(38)25(39)17(9)31)43-27(42-15-7-4-12(30)20(34)23(15)37)26(40-13-5-2-10(28)18(32)21(13)35)41-14-6-3-11(29)19(33)22(14)36/h2-8,17H,1H2. The average Bonchev–Trinajstić information content (AvgIpc) is 2.98. The zero-order valence-corrected chi connectivity index (χ0v) is 39.5. The van der Waals surface area contributed by atoms with E-state index in [1.165, 1.54) is 0 Å². The second-order valence-corrected chi connectivity index (χ2v) is 18.0. The van der Waals surface area contributed by atoms with E-state index in [9.17, 15) is 0 Å². The number of ether oxygens (including phenoxy) is 4. The molecule has 0 amide bonds. The first-order chi connectivity index (χ1) is 20.2. The quantitative estimate of drug-likeness (QED) is 0.128. The number of halogens is 12. The highest BCUT2D eigenvalue weighted by Gasteiger charge is 2.29. The number of benzene rings is 3. The molecule has 0 spiro atoms. The van der Waals surface area contributed by atoms with Crippen LogP contribution in [0.4, 0.5) is 0 Å². The van der Waals surface area contributed by atoms with Gasteiger partial charge in [0.1, 0.15) is 23.0 Å². The van der Waals surface area contributed by atoms with Crippen LogP contribution in [0.5, 0.6) is 17.2 Å². The van der Waals surface area contributed by atoms with Crippen LogP contribution in [0.2, 0.25) is 0 Å². The molecule has 0 radical (unpaired) electrons. The Kier molecular flexibility index (Phi) is 14.2. The molecule has 0 fully saturated rings. The van der Waals surface area contributed by atoms with Gasteiger partial charge in [-0.25, -0.2) is 0 Å². The van der Waals surface area contributed by atoms with Crippen molar-refractivity contribution in [3.8, 4) is 17.2 Å². The summed E-state index contributed by atoms with van der Waals surface area (Å²) in [6.07, 6.45) is 1.78. The van der Waals surface area contributed by atoms with Crippen molar-refractivity contribution in [1.29, 1.82) is 0 Å². The summed E-state index contributed by atoms with van der Waals surface area (Å²) in [5.74, 6) is 1.41. The second kappa shape index (κ2) is 16.3. The summed E-state index contributed by atoms with van der Waals surface area (Å²) in [7, 11) is 0. The Hall–Kier alpha value is 1.58. The van der Waals surface area contributed by atoms with Crippen LogP contribution >= 0.6 is 191 Å². The molecule has 0 heterocycles. The molecule has 0 N–H and O–H groups in total. The Morgan fingerprint density at radius 3 is 1.23 bits per heavy atom. The molecular weight excluding hydrogens is 1350 g/mol. The topological polar surface area (TPSA) is 36.9 Å². The van der Waals surface area contributed by atoms with E-state index in [1.807, 2.05) is 18.2 Å². The summed E-state index contributed by atoms with van der Waals surface area (Å²) in [4.78, 5) is -0.141. The lowest BCUT2D eigenvalue weighted by Gasteiger charge is -2.23. The molecule has 4 nitrogen and oxygen atoms in total. The molecule has 43 heavy (non-hydrogen) atoms. The van der Waals surface area contributed by atoms with E-state index >= 15 is 0 Å². The molecular formula is C27H10Br12O4. The third kappa shape index (κ3) is 8.79. The van der Waals surface area contributed by atoms with Crippen LogP contribution in [0, 0.1) is 0 Å². The Balaban J connectivity index is 1.96. The maximum atomic E-state index is 6.45. The van der Waals surface area contributed by atoms with Crippen LogP contribution < -0.4 is 14.2 Å². The van der Waals surface area contributed by atoms with Crippen molar-refractivity contribution < 1.29 is 18.9 Å². The maximum absolute atomic E-state index is 6.45. The largest absolute Gasteiger partial charge is 0.420 e. The van der Waals surface area contributed by atoms with Crippen LogP contribution in [-0.4, -0.2) is 4.83 Å². The van der Waals surface area contributed by atoms with Crippen molar-refractivity contribution in [2.24, 2.45) is 0 Å². The minimum Gasteiger partial charge on any atom is -0.420 e. The zero-order chi connectivity index (χ0) is 31.7. The fourth-order valence-electron chi connectivity index (χ4n) is 3.14. The Morgan fingerprint density at radius 1 is 0.512 bits per heavy atom. The highest BCUT2D eigenvalue weighted by Crippen LogP contribution is 2.45. The van der Waals surface area contributed by atoms with E-state index in [1.54, 1.807) is 24.3 Å². The molecule has 1 unspecified atom stereocenters. The van der Waals surface area contributed by atoms with Gasteiger partial charge in [-0.2, -0.15) is 0 Å². The van der Waals surface area contributed by atoms with Crippen molar-refractivity contribution in [2.75, 3.05) is 0 Å². The first-order valence-electron chi connectivity index (χ1n) is 11.2. The van der Waals surface area contributed by atoms with E-state index in [-0.39, 0.29) is 16.7 Å². The molecule has 1 aliphatic rings. The van der Waals surface area contributed by atoms with Crippen LogP contribution in [0.3, 0.4) is 0 Å². The van der Waals surface area contributed by atoms with Crippen LogP contribution in [0.15, 0.2) is 121 Å². The first-order valence-corrected chi connectivity index (χ1v) is 20.8. The molecule has 0 aliphatic heterocycles. The van der Waals surface area contributed by atoms with Gasteiger partial charge in [0.15, 0.2) is 0 Å². The molecule has 16 heteroatoms. The zero-order valence-electron chi connectivity index (χ0n) is 20.5. The van der Waals surface area contributed by atoms with Gasteiger partial charge in [-0.15, -0.1) is 0 Å². The summed E-state index contributed by atoms with van der Waals surface area (Å²) in [6, 6.07) is 10.8. The van der Waals surface area contributed by atoms with Gasteiger partial charge in [0.05, 0.1) is 22.7 Å². The summed E-state index contributed by atoms with van der Waals surface area (Å²) < 4.78 is 33.7. The van der Waals surface area contributed by atoms with Crippen molar-refractivity contribution in [1.82, 2.24) is 0 Å². The normalized spacial score (nSPS) is 14.8. The van der Waals surface area contributed by atoms with Crippen molar-refractivity contribution in [2.45, 2.75) is 4.83 Å². The third-order valence-electron chi connectivity index (χ3n) is 5.27. The number of rotatable bonds is 8. The highest BCUT2D eigenvalue weighted by atomic mass is 79.9. The average molecular weight is 1360 g/mol. The van der Waals surface area contributed by atoms with E-state index in [0.29, 0.717) is 40.9 Å². The predicted octanol–water partition coefficient (Wildman–Crippen LogP) is 15.4. The summed E-state index contributed by atoms with van der Waals surface area (Å²) in [6.45, 7) is 4.14. The fourth-order valence-corrected chi connectivity index (χ4v) is 8.77. The SMILES string of the molecule is C=C1C=C(OC(Oc2ccc(Br)c(Br)c2Br)=C(Oc2ccc(Br)c(Br)c2Br)Oc2ccc(Br)c(Br)c2Br)C(Br)=C(Br)C1Br. The fraction of sp³-hybridized carbons (Fsp3) is 0.0370. The van der Waals surface area contributed by atoms with Crippen LogP contribution in [-0.2, 0) is 4.74 Å². The Bertz CT molecular complexity index is 1670. The van der Waals surface area contributed by atoms with Gasteiger partial charge in [-0.05, 0) is 207 Å². The molecule has 0 saturated carbocycles. The second-order valence-electron chi connectivity index (χ2n) is 8.11. The first kappa shape index (κ1) is 37.4. The molecule has 0 bridgehead atoms. The maximum Gasteiger partial charge on any atom is 0.376 e. The summed E-state index contributed by atoms with van der Waals surface area (Å²) >= 11 is 42.9. The van der Waals surface area contributed by atoms with Gasteiger partial charge in [0.25, 0.3) is 0 Å². The van der Waals surface area contributed by atoms with E-state index in [4.69, 9.17) is 18.9 Å². The lowest BCUT2D eigenvalue weighted by atomic mass is 10.1. The molecule has 1 atom stereocenters. The molecule has 3 aromatic rings. The Morgan fingerprint density at radius 2 is 0.860 bits per heavy atom. The van der Waals surface area contributed by atoms with E-state index in [0.717, 1.165) is 36.9 Å². The lowest BCUT2D eigenvalue weighted by molar-refractivity contribution is 0.0982. The predicted molar refractivity (Wildman–Crippen MR) is 213 cm³/mol. The van der Waals surface area contributed by atoms with Crippen molar-refractivity contribution in [3.05, 3.63) is 121 Å². The highest BCUT2D eigenvalue weighted by molar-refractivity contribution is 9.16. The number of hydrogen-bond acceptors (Lipinski definition) is 4. The van der Waals surface area contributed by atoms with E-state index < -0.39 is 0 Å². The monoisotopic (exact) mass is 1350 g/mol. The minimum atomic E-state index is -0.141. The Labute approximate surface area is 348 Å². The van der Waals surface area contributed by atoms with Crippen LogP contribution in [0.25, 0.3) is 0 Å². The lowest BCUT2D eigenvalue weighted by Crippen LogP contribution is -2.17. The van der Waals surface area contributed by atoms with E-state index in [2.05, 4.69) is 198 Å². The smallest absolute Gasteiger partial charge is 0.376 e. The molecule has 3 aromatic carbocycles. The number of alkyl halides is 1. The summed E-state index contributed by atoms with van der Waals surface area (Å²) in [5.41, 5.74) is 0.750. The van der Waals surface area contributed by atoms with Crippen molar-refractivity contribution in [3.63, 3.8) is 0 Å². The van der Waals surface area contributed by atoms with Crippen LogP contribution in [0.1, 0.15) is 0 Å². The van der Waals surface area contributed by atoms with Gasteiger partial charge < -0.3 is 18.9 Å². The minimum absolute atomic E-state index is 0.111. The van der Waals surface area contributed by atoms with Crippen molar-refractivity contribution >= 4 is 191 Å². The molecule has 0 aromatic heterocycles. The molecule has 1 aliphatic carbocycles.